The van der Waals surface area contributed by atoms with Crippen molar-refractivity contribution < 1.29 is 5.11 Å². The van der Waals surface area contributed by atoms with E-state index in [4.69, 9.17) is 0 Å². The van der Waals surface area contributed by atoms with Gasteiger partial charge in [-0.05, 0) is 67.1 Å². The smallest absolute Gasteiger partial charge is 0.115 e. The van der Waals surface area contributed by atoms with Gasteiger partial charge in [0.25, 0.3) is 0 Å². The van der Waals surface area contributed by atoms with Crippen LogP contribution >= 0.6 is 0 Å². The molecule has 0 radical (unpaired) electrons. The standard InChI is InChI=1S/C22H27NO/c1-3-12-23-13-11-22(18-7-5-4-6-8-18)16(2)21(23)14-17-9-10-19(24)15-20(17)22/h4-10,15-16,21,24H,3,11-14H2,1-2H3. The molecule has 0 spiro atoms. The second-order valence-corrected chi connectivity index (χ2v) is 7.52. The van der Waals surface area contributed by atoms with Crippen LogP contribution in [0.4, 0.5) is 0 Å². The van der Waals surface area contributed by atoms with Crippen LogP contribution in [0.5, 0.6) is 5.75 Å². The first-order chi connectivity index (χ1) is 11.7. The van der Waals surface area contributed by atoms with E-state index < -0.39 is 0 Å². The number of likely N-dealkylation sites (tertiary alicyclic amines) is 1. The Morgan fingerprint density at radius 1 is 1.17 bits per heavy atom. The zero-order valence-electron chi connectivity index (χ0n) is 14.7. The van der Waals surface area contributed by atoms with Gasteiger partial charge in [-0.1, -0.05) is 50.2 Å². The van der Waals surface area contributed by atoms with Crippen LogP contribution in [0.1, 0.15) is 43.4 Å². The number of nitrogens with zero attached hydrogens (tertiary/aromatic N) is 1. The molecule has 4 rings (SSSR count). The van der Waals surface area contributed by atoms with Crippen molar-refractivity contribution >= 4 is 0 Å². The van der Waals surface area contributed by atoms with Crippen LogP contribution in [0.3, 0.4) is 0 Å². The summed E-state index contributed by atoms with van der Waals surface area (Å²) in [4.78, 5) is 2.70. The maximum absolute atomic E-state index is 10.2. The van der Waals surface area contributed by atoms with E-state index in [1.165, 1.54) is 29.7 Å². The molecule has 3 atom stereocenters. The molecule has 2 nitrogen and oxygen atoms in total. The molecule has 2 heteroatoms. The summed E-state index contributed by atoms with van der Waals surface area (Å²) in [5, 5.41) is 10.2. The molecule has 2 aliphatic rings. The molecule has 3 unspecified atom stereocenters. The fourth-order valence-electron chi connectivity index (χ4n) is 5.29. The highest BCUT2D eigenvalue weighted by Gasteiger charge is 2.51. The average Bonchev–Trinajstić information content (AvgIpc) is 2.60. The average molecular weight is 321 g/mol. The summed E-state index contributed by atoms with van der Waals surface area (Å²) in [6.45, 7) is 7.03. The number of rotatable bonds is 3. The minimum Gasteiger partial charge on any atom is -0.508 e. The normalized spacial score (nSPS) is 29.2. The summed E-state index contributed by atoms with van der Waals surface area (Å²) < 4.78 is 0. The molecule has 0 saturated carbocycles. The number of piperidine rings is 1. The number of hydrogen-bond acceptors (Lipinski definition) is 2. The van der Waals surface area contributed by atoms with E-state index in [1.54, 1.807) is 0 Å². The largest absolute Gasteiger partial charge is 0.508 e. The monoisotopic (exact) mass is 321 g/mol. The molecular weight excluding hydrogens is 294 g/mol. The first-order valence-corrected chi connectivity index (χ1v) is 9.28. The SMILES string of the molecule is CCCN1CCC2(c3ccccc3)c3cc(O)ccc3CC1C2C. The van der Waals surface area contributed by atoms with E-state index in [2.05, 4.69) is 55.1 Å². The fourth-order valence-corrected chi connectivity index (χ4v) is 5.29. The van der Waals surface area contributed by atoms with Gasteiger partial charge in [-0.2, -0.15) is 0 Å². The lowest BCUT2D eigenvalue weighted by Crippen LogP contribution is -2.59. The van der Waals surface area contributed by atoms with Crippen LogP contribution in [0.25, 0.3) is 0 Å². The topological polar surface area (TPSA) is 23.5 Å². The van der Waals surface area contributed by atoms with Crippen LogP contribution < -0.4 is 0 Å². The Bertz CT molecular complexity index is 726. The van der Waals surface area contributed by atoms with Gasteiger partial charge < -0.3 is 5.11 Å². The molecule has 1 fully saturated rings. The summed E-state index contributed by atoms with van der Waals surface area (Å²) in [7, 11) is 0. The van der Waals surface area contributed by atoms with Gasteiger partial charge in [0.05, 0.1) is 0 Å². The molecule has 1 N–H and O–H groups in total. The summed E-state index contributed by atoms with van der Waals surface area (Å²) in [6, 6.07) is 17.6. The minimum atomic E-state index is 0.0302. The summed E-state index contributed by atoms with van der Waals surface area (Å²) in [6.07, 6.45) is 3.44. The highest BCUT2D eigenvalue weighted by molar-refractivity contribution is 5.51. The lowest BCUT2D eigenvalue weighted by atomic mass is 9.55. The molecule has 1 heterocycles. The lowest BCUT2D eigenvalue weighted by molar-refractivity contribution is 0.0410. The predicted molar refractivity (Wildman–Crippen MR) is 98.5 cm³/mol. The third-order valence-corrected chi connectivity index (χ3v) is 6.42. The lowest BCUT2D eigenvalue weighted by Gasteiger charge is -2.56. The van der Waals surface area contributed by atoms with Gasteiger partial charge >= 0.3 is 0 Å². The van der Waals surface area contributed by atoms with Crippen LogP contribution in [-0.4, -0.2) is 29.1 Å². The molecule has 0 amide bonds. The van der Waals surface area contributed by atoms with Crippen LogP contribution in [0, 0.1) is 5.92 Å². The van der Waals surface area contributed by atoms with Crippen LogP contribution in [0.2, 0.25) is 0 Å². The summed E-state index contributed by atoms with van der Waals surface area (Å²) >= 11 is 0. The highest BCUT2D eigenvalue weighted by Crippen LogP contribution is 2.53. The van der Waals surface area contributed by atoms with Gasteiger partial charge in [0.15, 0.2) is 0 Å². The van der Waals surface area contributed by atoms with Gasteiger partial charge in [0.1, 0.15) is 5.75 Å². The van der Waals surface area contributed by atoms with Crippen molar-refractivity contribution in [3.8, 4) is 5.75 Å². The van der Waals surface area contributed by atoms with Crippen LogP contribution in [0.15, 0.2) is 48.5 Å². The van der Waals surface area contributed by atoms with Gasteiger partial charge in [-0.3, -0.25) is 4.90 Å². The quantitative estimate of drug-likeness (QED) is 0.908. The van der Waals surface area contributed by atoms with Crippen molar-refractivity contribution in [3.05, 3.63) is 65.2 Å². The molecule has 2 bridgehead atoms. The summed E-state index contributed by atoms with van der Waals surface area (Å²) in [5.74, 6) is 0.945. The highest BCUT2D eigenvalue weighted by atomic mass is 16.3. The number of phenolic OH excluding ortho intramolecular Hbond substituents is 1. The van der Waals surface area contributed by atoms with E-state index in [0.29, 0.717) is 17.7 Å². The Hall–Kier alpha value is -1.80. The maximum Gasteiger partial charge on any atom is 0.115 e. The minimum absolute atomic E-state index is 0.0302. The van der Waals surface area contributed by atoms with Crippen molar-refractivity contribution in [1.82, 2.24) is 4.90 Å². The van der Waals surface area contributed by atoms with E-state index in [1.807, 2.05) is 12.1 Å². The fraction of sp³-hybridized carbons (Fsp3) is 0.455. The van der Waals surface area contributed by atoms with E-state index in [-0.39, 0.29) is 5.41 Å². The first kappa shape index (κ1) is 15.7. The number of hydrogen-bond donors (Lipinski definition) is 1. The van der Waals surface area contributed by atoms with E-state index >= 15 is 0 Å². The molecule has 1 aliphatic heterocycles. The molecular formula is C22H27NO. The Morgan fingerprint density at radius 3 is 2.71 bits per heavy atom. The number of aromatic hydroxyl groups is 1. The van der Waals surface area contributed by atoms with Gasteiger partial charge in [0, 0.05) is 11.5 Å². The molecule has 2 aromatic rings. The number of phenols is 1. The van der Waals surface area contributed by atoms with Crippen LogP contribution in [-0.2, 0) is 11.8 Å². The van der Waals surface area contributed by atoms with E-state index in [0.717, 1.165) is 19.4 Å². The zero-order valence-corrected chi connectivity index (χ0v) is 14.7. The van der Waals surface area contributed by atoms with Gasteiger partial charge in [0.2, 0.25) is 0 Å². The van der Waals surface area contributed by atoms with Crippen molar-refractivity contribution in [2.24, 2.45) is 5.92 Å². The molecule has 24 heavy (non-hydrogen) atoms. The molecule has 126 valence electrons. The Labute approximate surface area is 145 Å². The third kappa shape index (κ3) is 2.20. The van der Waals surface area contributed by atoms with Crippen molar-refractivity contribution in [2.45, 2.75) is 44.6 Å². The third-order valence-electron chi connectivity index (χ3n) is 6.42. The van der Waals surface area contributed by atoms with Crippen molar-refractivity contribution in [2.75, 3.05) is 13.1 Å². The van der Waals surface area contributed by atoms with Gasteiger partial charge in [-0.25, -0.2) is 0 Å². The number of fused-ring (bicyclic) bond motifs is 4. The van der Waals surface area contributed by atoms with E-state index in [9.17, 15) is 5.11 Å². The molecule has 1 aliphatic carbocycles. The number of benzene rings is 2. The Morgan fingerprint density at radius 2 is 1.96 bits per heavy atom. The Kier molecular flexibility index (Phi) is 3.88. The molecule has 0 aromatic heterocycles. The molecule has 2 aromatic carbocycles. The van der Waals surface area contributed by atoms with Crippen molar-refractivity contribution in [3.63, 3.8) is 0 Å². The predicted octanol–water partition coefficient (Wildman–Crippen LogP) is 4.35. The maximum atomic E-state index is 10.2. The molecule has 1 saturated heterocycles. The van der Waals surface area contributed by atoms with Crippen molar-refractivity contribution in [1.29, 1.82) is 0 Å². The zero-order chi connectivity index (χ0) is 16.7. The Balaban J connectivity index is 1.91. The van der Waals surface area contributed by atoms with Gasteiger partial charge in [-0.15, -0.1) is 0 Å². The summed E-state index contributed by atoms with van der Waals surface area (Å²) in [5.41, 5.74) is 4.21. The second-order valence-electron chi connectivity index (χ2n) is 7.52. The second kappa shape index (κ2) is 5.93. The first-order valence-electron chi connectivity index (χ1n) is 9.28.